The minimum absolute atomic E-state index is 0.124. The van der Waals surface area contributed by atoms with Gasteiger partial charge in [0.15, 0.2) is 0 Å². The molecule has 2 aromatic carbocycles. The summed E-state index contributed by atoms with van der Waals surface area (Å²) in [6.07, 6.45) is -3.07. The topological polar surface area (TPSA) is 33.0 Å². The summed E-state index contributed by atoms with van der Waals surface area (Å²) in [5.41, 5.74) is -0.207. The summed E-state index contributed by atoms with van der Waals surface area (Å²) >= 11 is 0. The molecule has 0 aliphatic heterocycles. The molecule has 5 heteroatoms. The summed E-state index contributed by atoms with van der Waals surface area (Å²) in [6.45, 7) is 0.318. The average molecular weight is 305 g/mol. The highest BCUT2D eigenvalue weighted by Crippen LogP contribution is 2.34. The first-order chi connectivity index (χ1) is 10.5. The molecule has 0 radical (unpaired) electrons. The van der Waals surface area contributed by atoms with Gasteiger partial charge in [-0.3, -0.25) is 0 Å². The van der Waals surface area contributed by atoms with Crippen LogP contribution in [0.25, 0.3) is 0 Å². The molecule has 2 rings (SSSR count). The lowest BCUT2D eigenvalue weighted by molar-refractivity contribution is -0.137. The predicted molar refractivity (Wildman–Crippen MR) is 76.4 cm³/mol. The Balaban J connectivity index is 1.95. The first-order valence-electron chi connectivity index (χ1n) is 6.79. The van der Waals surface area contributed by atoms with Crippen LogP contribution in [0, 0.1) is 11.3 Å². The summed E-state index contributed by atoms with van der Waals surface area (Å²) in [7, 11) is 0. The van der Waals surface area contributed by atoms with Gasteiger partial charge in [0.1, 0.15) is 5.75 Å². The van der Waals surface area contributed by atoms with Crippen molar-refractivity contribution in [3.63, 3.8) is 0 Å². The van der Waals surface area contributed by atoms with Gasteiger partial charge in [0.25, 0.3) is 0 Å². The minimum Gasteiger partial charge on any atom is -0.494 e. The van der Waals surface area contributed by atoms with Crippen LogP contribution in [0.4, 0.5) is 13.2 Å². The molecule has 0 aliphatic carbocycles. The van der Waals surface area contributed by atoms with Crippen molar-refractivity contribution in [2.45, 2.75) is 19.0 Å². The number of aryl methyl sites for hydroxylation is 1. The van der Waals surface area contributed by atoms with E-state index in [0.29, 0.717) is 13.0 Å². The Morgan fingerprint density at radius 2 is 1.77 bits per heavy atom. The van der Waals surface area contributed by atoms with Crippen LogP contribution < -0.4 is 4.74 Å². The third kappa shape index (κ3) is 4.26. The Hall–Kier alpha value is -2.48. The first-order valence-corrected chi connectivity index (χ1v) is 6.79. The zero-order valence-electron chi connectivity index (χ0n) is 11.7. The zero-order chi connectivity index (χ0) is 16.0. The molecular formula is C17H14F3NO. The number of rotatable bonds is 5. The molecule has 2 nitrogen and oxygen atoms in total. The zero-order valence-corrected chi connectivity index (χ0v) is 11.7. The molecular weight excluding hydrogens is 291 g/mol. The molecule has 0 atom stereocenters. The van der Waals surface area contributed by atoms with E-state index in [1.165, 1.54) is 6.07 Å². The number of benzene rings is 2. The van der Waals surface area contributed by atoms with E-state index in [9.17, 15) is 13.2 Å². The van der Waals surface area contributed by atoms with Gasteiger partial charge in [-0.15, -0.1) is 0 Å². The number of nitriles is 1. The molecule has 0 unspecified atom stereocenters. The highest BCUT2D eigenvalue weighted by molar-refractivity contribution is 5.44. The highest BCUT2D eigenvalue weighted by Gasteiger charge is 2.34. The Kier molecular flexibility index (Phi) is 5.05. The van der Waals surface area contributed by atoms with Crippen LogP contribution in [-0.2, 0) is 12.6 Å². The lowest BCUT2D eigenvalue weighted by Crippen LogP contribution is -2.08. The third-order valence-corrected chi connectivity index (χ3v) is 3.14. The summed E-state index contributed by atoms with van der Waals surface area (Å²) < 4.78 is 43.8. The van der Waals surface area contributed by atoms with Crippen molar-refractivity contribution < 1.29 is 17.9 Å². The molecule has 2 aromatic rings. The Morgan fingerprint density at radius 3 is 2.41 bits per heavy atom. The maximum absolute atomic E-state index is 12.8. The molecule has 0 N–H and O–H groups in total. The van der Waals surface area contributed by atoms with Gasteiger partial charge in [-0.2, -0.15) is 18.4 Å². The summed E-state index contributed by atoms with van der Waals surface area (Å²) in [4.78, 5) is 0. The van der Waals surface area contributed by atoms with Crippen LogP contribution in [0.5, 0.6) is 5.75 Å². The van der Waals surface area contributed by atoms with Crippen LogP contribution in [0.2, 0.25) is 0 Å². The van der Waals surface area contributed by atoms with E-state index in [1.54, 1.807) is 6.07 Å². The quantitative estimate of drug-likeness (QED) is 0.757. The van der Waals surface area contributed by atoms with E-state index in [1.807, 2.05) is 30.3 Å². The number of nitrogens with zero attached hydrogens (tertiary/aromatic N) is 1. The van der Waals surface area contributed by atoms with Gasteiger partial charge in [0, 0.05) is 0 Å². The first kappa shape index (κ1) is 15.9. The molecule has 0 fully saturated rings. The number of halogens is 3. The molecule has 0 saturated heterocycles. The second-order valence-electron chi connectivity index (χ2n) is 4.75. The van der Waals surface area contributed by atoms with E-state index in [-0.39, 0.29) is 5.75 Å². The number of hydrogen-bond donors (Lipinski definition) is 0. The molecule has 0 aromatic heterocycles. The largest absolute Gasteiger partial charge is 0.494 e. The van der Waals surface area contributed by atoms with Crippen molar-refractivity contribution in [2.75, 3.05) is 6.61 Å². The summed E-state index contributed by atoms with van der Waals surface area (Å²) in [5.74, 6) is 0.124. The molecule has 114 valence electrons. The maximum Gasteiger partial charge on any atom is 0.417 e. The van der Waals surface area contributed by atoms with Gasteiger partial charge >= 0.3 is 6.18 Å². The molecule has 0 amide bonds. The lowest BCUT2D eigenvalue weighted by atomic mass is 10.1. The fourth-order valence-electron chi connectivity index (χ4n) is 2.06. The lowest BCUT2D eigenvalue weighted by Gasteiger charge is -2.12. The van der Waals surface area contributed by atoms with Crippen molar-refractivity contribution in [3.05, 3.63) is 65.2 Å². The van der Waals surface area contributed by atoms with E-state index >= 15 is 0 Å². The standard InChI is InChI=1S/C17H14F3NO/c18-17(19,20)16-11-15(9-8-14(16)12-21)22-10-4-7-13-5-2-1-3-6-13/h1-3,5-6,8-9,11H,4,7,10H2. The van der Waals surface area contributed by atoms with Gasteiger partial charge < -0.3 is 4.74 Å². The Labute approximate surface area is 126 Å². The molecule has 22 heavy (non-hydrogen) atoms. The molecule has 0 bridgehead atoms. The van der Waals surface area contributed by atoms with Gasteiger partial charge in [0.2, 0.25) is 0 Å². The second-order valence-corrected chi connectivity index (χ2v) is 4.75. The SMILES string of the molecule is N#Cc1ccc(OCCCc2ccccc2)cc1C(F)(F)F. The summed E-state index contributed by atoms with van der Waals surface area (Å²) in [6, 6.07) is 14.7. The summed E-state index contributed by atoms with van der Waals surface area (Å²) in [5, 5.41) is 8.72. The third-order valence-electron chi connectivity index (χ3n) is 3.14. The van der Waals surface area contributed by atoms with E-state index in [0.717, 1.165) is 24.1 Å². The van der Waals surface area contributed by atoms with Gasteiger partial charge in [-0.05, 0) is 36.6 Å². The van der Waals surface area contributed by atoms with Crippen molar-refractivity contribution in [1.29, 1.82) is 5.26 Å². The normalized spacial score (nSPS) is 11.0. The van der Waals surface area contributed by atoms with E-state index in [2.05, 4.69) is 0 Å². The average Bonchev–Trinajstić information content (AvgIpc) is 2.51. The van der Waals surface area contributed by atoms with Crippen LogP contribution in [0.15, 0.2) is 48.5 Å². The van der Waals surface area contributed by atoms with Crippen LogP contribution in [0.1, 0.15) is 23.1 Å². The molecule has 0 aliphatic rings. The highest BCUT2D eigenvalue weighted by atomic mass is 19.4. The van der Waals surface area contributed by atoms with Gasteiger partial charge in [0.05, 0.1) is 23.8 Å². The smallest absolute Gasteiger partial charge is 0.417 e. The van der Waals surface area contributed by atoms with Crippen molar-refractivity contribution in [2.24, 2.45) is 0 Å². The van der Waals surface area contributed by atoms with Gasteiger partial charge in [-0.25, -0.2) is 0 Å². The van der Waals surface area contributed by atoms with Crippen molar-refractivity contribution >= 4 is 0 Å². The second kappa shape index (κ2) is 6.99. The monoisotopic (exact) mass is 305 g/mol. The van der Waals surface area contributed by atoms with E-state index < -0.39 is 17.3 Å². The van der Waals surface area contributed by atoms with E-state index in [4.69, 9.17) is 10.00 Å². The van der Waals surface area contributed by atoms with Crippen LogP contribution in [0.3, 0.4) is 0 Å². The number of hydrogen-bond acceptors (Lipinski definition) is 2. The van der Waals surface area contributed by atoms with Crippen molar-refractivity contribution in [3.8, 4) is 11.8 Å². The molecule has 0 heterocycles. The maximum atomic E-state index is 12.8. The fourth-order valence-corrected chi connectivity index (χ4v) is 2.06. The van der Waals surface area contributed by atoms with Crippen LogP contribution in [-0.4, -0.2) is 6.61 Å². The van der Waals surface area contributed by atoms with Gasteiger partial charge in [-0.1, -0.05) is 30.3 Å². The number of alkyl halides is 3. The Morgan fingerprint density at radius 1 is 1.05 bits per heavy atom. The predicted octanol–water partition coefficient (Wildman–Crippen LogP) is 4.59. The fraction of sp³-hybridized carbons (Fsp3) is 0.235. The number of ether oxygens (including phenoxy) is 1. The molecule has 0 saturated carbocycles. The molecule has 0 spiro atoms. The minimum atomic E-state index is -4.56. The van der Waals surface area contributed by atoms with Crippen molar-refractivity contribution in [1.82, 2.24) is 0 Å². The Bertz CT molecular complexity index is 660. The van der Waals surface area contributed by atoms with Crippen LogP contribution >= 0.6 is 0 Å².